The quantitative estimate of drug-likeness (QED) is 0.832. The van der Waals surface area contributed by atoms with Crippen LogP contribution in [-0.2, 0) is 11.2 Å². The van der Waals surface area contributed by atoms with Gasteiger partial charge < -0.3 is 10.4 Å². The monoisotopic (exact) mass is 351 g/mol. The molecular formula is C17H15Cl2NO3. The van der Waals surface area contributed by atoms with Crippen LogP contribution in [0, 0.1) is 5.92 Å². The maximum atomic E-state index is 12.3. The Balaban J connectivity index is 2.12. The van der Waals surface area contributed by atoms with Gasteiger partial charge in [0.1, 0.15) is 0 Å². The smallest absolute Gasteiger partial charge is 0.337 e. The lowest BCUT2D eigenvalue weighted by Crippen LogP contribution is -2.23. The molecule has 0 aliphatic rings. The lowest BCUT2D eigenvalue weighted by atomic mass is 10.00. The average Bonchev–Trinajstić information content (AvgIpc) is 2.46. The number of carboxylic acid groups (broad SMARTS) is 1. The SMILES string of the molecule is CC(Cc1cccc(Cl)c1)C(=O)Nc1cc(Cl)ccc1C(=O)O. The molecular weight excluding hydrogens is 337 g/mol. The number of benzene rings is 2. The van der Waals surface area contributed by atoms with E-state index in [-0.39, 0.29) is 23.1 Å². The lowest BCUT2D eigenvalue weighted by Gasteiger charge is -2.14. The molecule has 1 amide bonds. The minimum Gasteiger partial charge on any atom is -0.478 e. The van der Waals surface area contributed by atoms with Crippen LogP contribution < -0.4 is 5.32 Å². The number of anilines is 1. The fraction of sp³-hybridized carbons (Fsp3) is 0.176. The van der Waals surface area contributed by atoms with Crippen molar-refractivity contribution in [2.24, 2.45) is 5.92 Å². The fourth-order valence-electron chi connectivity index (χ4n) is 2.17. The van der Waals surface area contributed by atoms with Gasteiger partial charge in [-0.05, 0) is 42.3 Å². The zero-order valence-corrected chi connectivity index (χ0v) is 13.9. The standard InChI is InChI=1S/C17H15Cl2NO3/c1-10(7-11-3-2-4-12(18)8-11)16(21)20-15-9-13(19)5-6-14(15)17(22)23/h2-6,8-10H,7H2,1H3,(H,20,21)(H,22,23). The Kier molecular flexibility index (Phi) is 5.64. The van der Waals surface area contributed by atoms with Gasteiger partial charge in [0, 0.05) is 16.0 Å². The third-order valence-corrected chi connectivity index (χ3v) is 3.82. The summed E-state index contributed by atoms with van der Waals surface area (Å²) in [6.07, 6.45) is 0.495. The van der Waals surface area contributed by atoms with Crippen molar-refractivity contribution in [1.29, 1.82) is 0 Å². The predicted molar refractivity (Wildman–Crippen MR) is 91.4 cm³/mol. The van der Waals surface area contributed by atoms with Crippen molar-refractivity contribution >= 4 is 40.8 Å². The lowest BCUT2D eigenvalue weighted by molar-refractivity contribution is -0.119. The largest absolute Gasteiger partial charge is 0.478 e. The molecule has 2 aromatic carbocycles. The van der Waals surface area contributed by atoms with Crippen molar-refractivity contribution in [2.75, 3.05) is 5.32 Å². The first-order valence-corrected chi connectivity index (χ1v) is 7.70. The molecule has 120 valence electrons. The van der Waals surface area contributed by atoms with E-state index in [0.29, 0.717) is 16.5 Å². The highest BCUT2D eigenvalue weighted by atomic mass is 35.5. The number of carbonyl (C=O) groups excluding carboxylic acids is 1. The molecule has 0 aromatic heterocycles. The molecule has 0 aliphatic heterocycles. The summed E-state index contributed by atoms with van der Waals surface area (Å²) in [5.74, 6) is -1.76. The molecule has 0 saturated heterocycles. The normalized spacial score (nSPS) is 11.8. The van der Waals surface area contributed by atoms with E-state index in [2.05, 4.69) is 5.32 Å². The highest BCUT2D eigenvalue weighted by molar-refractivity contribution is 6.31. The van der Waals surface area contributed by atoms with Gasteiger partial charge in [0.15, 0.2) is 0 Å². The molecule has 4 nitrogen and oxygen atoms in total. The van der Waals surface area contributed by atoms with Gasteiger partial charge in [-0.15, -0.1) is 0 Å². The van der Waals surface area contributed by atoms with Gasteiger partial charge in [0.2, 0.25) is 5.91 Å². The summed E-state index contributed by atoms with van der Waals surface area (Å²) >= 11 is 11.8. The van der Waals surface area contributed by atoms with Gasteiger partial charge >= 0.3 is 5.97 Å². The average molecular weight is 352 g/mol. The zero-order chi connectivity index (χ0) is 17.0. The van der Waals surface area contributed by atoms with Crippen molar-refractivity contribution in [3.63, 3.8) is 0 Å². The molecule has 0 saturated carbocycles. The Labute approximate surface area is 144 Å². The first-order valence-electron chi connectivity index (χ1n) is 6.95. The summed E-state index contributed by atoms with van der Waals surface area (Å²) in [6, 6.07) is 11.5. The van der Waals surface area contributed by atoms with E-state index in [9.17, 15) is 9.59 Å². The molecule has 0 bridgehead atoms. The van der Waals surface area contributed by atoms with Gasteiger partial charge in [-0.25, -0.2) is 4.79 Å². The molecule has 0 heterocycles. The van der Waals surface area contributed by atoms with Crippen LogP contribution in [-0.4, -0.2) is 17.0 Å². The van der Waals surface area contributed by atoms with E-state index in [4.69, 9.17) is 28.3 Å². The van der Waals surface area contributed by atoms with Crippen LogP contribution in [0.4, 0.5) is 5.69 Å². The summed E-state index contributed by atoms with van der Waals surface area (Å²) in [5.41, 5.74) is 1.12. The van der Waals surface area contributed by atoms with Gasteiger partial charge in [-0.3, -0.25) is 4.79 Å². The Morgan fingerprint density at radius 1 is 1.13 bits per heavy atom. The first-order chi connectivity index (χ1) is 10.9. The molecule has 1 unspecified atom stereocenters. The number of amides is 1. The summed E-state index contributed by atoms with van der Waals surface area (Å²) < 4.78 is 0. The molecule has 2 aromatic rings. The van der Waals surface area contributed by atoms with E-state index < -0.39 is 5.97 Å². The second-order valence-electron chi connectivity index (χ2n) is 5.22. The van der Waals surface area contributed by atoms with Gasteiger partial charge in [0.05, 0.1) is 11.3 Å². The van der Waals surface area contributed by atoms with Crippen LogP contribution >= 0.6 is 23.2 Å². The van der Waals surface area contributed by atoms with E-state index in [0.717, 1.165) is 5.56 Å². The number of hydrogen-bond acceptors (Lipinski definition) is 2. The Hall–Kier alpha value is -2.04. The molecule has 0 aliphatic carbocycles. The van der Waals surface area contributed by atoms with Crippen molar-refractivity contribution in [1.82, 2.24) is 0 Å². The van der Waals surface area contributed by atoms with E-state index in [1.807, 2.05) is 12.1 Å². The van der Waals surface area contributed by atoms with Crippen molar-refractivity contribution in [3.8, 4) is 0 Å². The Morgan fingerprint density at radius 2 is 1.83 bits per heavy atom. The Morgan fingerprint density at radius 3 is 2.48 bits per heavy atom. The van der Waals surface area contributed by atoms with E-state index in [1.54, 1.807) is 19.1 Å². The van der Waals surface area contributed by atoms with Crippen LogP contribution in [0.3, 0.4) is 0 Å². The minimum absolute atomic E-state index is 0.00212. The highest BCUT2D eigenvalue weighted by Gasteiger charge is 2.18. The fourth-order valence-corrected chi connectivity index (χ4v) is 2.56. The molecule has 2 rings (SSSR count). The minimum atomic E-state index is -1.13. The first kappa shape index (κ1) is 17.3. The molecule has 0 radical (unpaired) electrons. The highest BCUT2D eigenvalue weighted by Crippen LogP contribution is 2.22. The number of nitrogens with one attached hydrogen (secondary N) is 1. The molecule has 0 spiro atoms. The molecule has 1 atom stereocenters. The number of rotatable bonds is 5. The third kappa shape index (κ3) is 4.71. The van der Waals surface area contributed by atoms with Crippen LogP contribution in [0.5, 0.6) is 0 Å². The summed E-state index contributed by atoms with van der Waals surface area (Å²) in [4.78, 5) is 23.5. The predicted octanol–water partition coefficient (Wildman–Crippen LogP) is 4.51. The number of carboxylic acids is 1. The summed E-state index contributed by atoms with van der Waals surface area (Å²) in [5, 5.41) is 12.8. The summed E-state index contributed by atoms with van der Waals surface area (Å²) in [7, 11) is 0. The van der Waals surface area contributed by atoms with Gasteiger partial charge in [0.25, 0.3) is 0 Å². The van der Waals surface area contributed by atoms with Crippen LogP contribution in [0.15, 0.2) is 42.5 Å². The van der Waals surface area contributed by atoms with Crippen molar-refractivity contribution < 1.29 is 14.7 Å². The summed E-state index contributed by atoms with van der Waals surface area (Å²) in [6.45, 7) is 1.77. The number of halogens is 2. The second kappa shape index (κ2) is 7.49. The number of hydrogen-bond donors (Lipinski definition) is 2. The third-order valence-electron chi connectivity index (χ3n) is 3.35. The maximum Gasteiger partial charge on any atom is 0.337 e. The maximum absolute atomic E-state index is 12.3. The van der Waals surface area contributed by atoms with Gasteiger partial charge in [-0.2, -0.15) is 0 Å². The van der Waals surface area contributed by atoms with Crippen LogP contribution in [0.1, 0.15) is 22.8 Å². The van der Waals surface area contributed by atoms with Crippen LogP contribution in [0.25, 0.3) is 0 Å². The van der Waals surface area contributed by atoms with Crippen molar-refractivity contribution in [2.45, 2.75) is 13.3 Å². The Bertz CT molecular complexity index is 746. The molecule has 6 heteroatoms. The molecule has 2 N–H and O–H groups in total. The molecule has 23 heavy (non-hydrogen) atoms. The molecule has 0 fully saturated rings. The number of aromatic carboxylic acids is 1. The number of carbonyl (C=O) groups is 2. The van der Waals surface area contributed by atoms with Crippen LogP contribution in [0.2, 0.25) is 10.0 Å². The zero-order valence-electron chi connectivity index (χ0n) is 12.3. The van der Waals surface area contributed by atoms with Crippen molar-refractivity contribution in [3.05, 3.63) is 63.6 Å². The van der Waals surface area contributed by atoms with Gasteiger partial charge in [-0.1, -0.05) is 42.3 Å². The second-order valence-corrected chi connectivity index (χ2v) is 6.09. The van der Waals surface area contributed by atoms with E-state index >= 15 is 0 Å². The van der Waals surface area contributed by atoms with E-state index in [1.165, 1.54) is 18.2 Å². The topological polar surface area (TPSA) is 66.4 Å².